The molecule has 0 bridgehead atoms. The fourth-order valence-corrected chi connectivity index (χ4v) is 2.96. The number of amides is 2. The summed E-state index contributed by atoms with van der Waals surface area (Å²) in [7, 11) is 0. The van der Waals surface area contributed by atoms with Gasteiger partial charge in [0.15, 0.2) is 0 Å². The minimum Gasteiger partial charge on any atom is -0.354 e. The van der Waals surface area contributed by atoms with Crippen LogP contribution in [0, 0.1) is 11.3 Å². The second kappa shape index (κ2) is 9.80. The van der Waals surface area contributed by atoms with Crippen molar-refractivity contribution in [2.45, 2.75) is 51.1 Å². The summed E-state index contributed by atoms with van der Waals surface area (Å²) in [5, 5.41) is 18.1. The Morgan fingerprint density at radius 3 is 2.96 bits per heavy atom. The molecule has 0 aromatic heterocycles. The van der Waals surface area contributed by atoms with E-state index in [-0.39, 0.29) is 17.9 Å². The average molecular weight is 342 g/mol. The molecular weight excluding hydrogens is 316 g/mol. The third kappa shape index (κ3) is 5.87. The molecule has 2 atom stereocenters. The SMILES string of the molecule is CCCCNC(=O)C(CC1CCCN1)NC(=O)c1cccc(C#N)c1. The van der Waals surface area contributed by atoms with Crippen LogP contribution >= 0.6 is 0 Å². The first-order valence-electron chi connectivity index (χ1n) is 8.96. The molecule has 0 aliphatic carbocycles. The highest BCUT2D eigenvalue weighted by atomic mass is 16.2. The first-order valence-corrected chi connectivity index (χ1v) is 8.96. The molecular formula is C19H26N4O2. The molecule has 0 saturated carbocycles. The molecule has 134 valence electrons. The van der Waals surface area contributed by atoms with E-state index in [9.17, 15) is 9.59 Å². The van der Waals surface area contributed by atoms with Crippen molar-refractivity contribution < 1.29 is 9.59 Å². The van der Waals surface area contributed by atoms with Crippen LogP contribution < -0.4 is 16.0 Å². The Morgan fingerprint density at radius 2 is 2.28 bits per heavy atom. The molecule has 1 aliphatic rings. The van der Waals surface area contributed by atoms with Gasteiger partial charge in [-0.25, -0.2) is 0 Å². The quantitative estimate of drug-likeness (QED) is 0.627. The lowest BCUT2D eigenvalue weighted by Gasteiger charge is -2.22. The molecule has 2 rings (SSSR count). The highest BCUT2D eigenvalue weighted by Crippen LogP contribution is 2.12. The number of nitriles is 1. The largest absolute Gasteiger partial charge is 0.354 e. The zero-order chi connectivity index (χ0) is 18.1. The minimum absolute atomic E-state index is 0.146. The summed E-state index contributed by atoms with van der Waals surface area (Å²) in [4.78, 5) is 25.0. The van der Waals surface area contributed by atoms with Gasteiger partial charge in [-0.05, 0) is 50.4 Å². The molecule has 6 nitrogen and oxygen atoms in total. The van der Waals surface area contributed by atoms with Crippen LogP contribution in [0.15, 0.2) is 24.3 Å². The van der Waals surface area contributed by atoms with E-state index in [1.165, 1.54) is 6.07 Å². The van der Waals surface area contributed by atoms with Crippen molar-refractivity contribution in [1.82, 2.24) is 16.0 Å². The van der Waals surface area contributed by atoms with Gasteiger partial charge in [-0.3, -0.25) is 9.59 Å². The lowest BCUT2D eigenvalue weighted by Crippen LogP contribution is -2.49. The van der Waals surface area contributed by atoms with Gasteiger partial charge in [-0.1, -0.05) is 19.4 Å². The van der Waals surface area contributed by atoms with Crippen molar-refractivity contribution >= 4 is 11.8 Å². The Hall–Kier alpha value is -2.39. The van der Waals surface area contributed by atoms with Crippen molar-refractivity contribution in [3.63, 3.8) is 0 Å². The highest BCUT2D eigenvalue weighted by molar-refractivity contribution is 5.97. The van der Waals surface area contributed by atoms with Gasteiger partial charge in [0.2, 0.25) is 5.91 Å². The van der Waals surface area contributed by atoms with E-state index in [2.05, 4.69) is 22.9 Å². The summed E-state index contributed by atoms with van der Waals surface area (Å²) in [5.41, 5.74) is 0.818. The topological polar surface area (TPSA) is 94.0 Å². The zero-order valence-electron chi connectivity index (χ0n) is 14.7. The Kier molecular flexibility index (Phi) is 7.42. The Bertz CT molecular complexity index is 633. The lowest BCUT2D eigenvalue weighted by atomic mass is 10.0. The Balaban J connectivity index is 2.03. The van der Waals surface area contributed by atoms with E-state index in [0.717, 1.165) is 32.2 Å². The molecule has 1 aromatic rings. The first-order chi connectivity index (χ1) is 12.1. The summed E-state index contributed by atoms with van der Waals surface area (Å²) in [6.07, 6.45) is 4.59. The van der Waals surface area contributed by atoms with Gasteiger partial charge in [-0.2, -0.15) is 5.26 Å². The van der Waals surface area contributed by atoms with Crippen molar-refractivity contribution in [3.8, 4) is 6.07 Å². The molecule has 1 saturated heterocycles. The third-order valence-electron chi connectivity index (χ3n) is 4.39. The number of benzene rings is 1. The average Bonchev–Trinajstić information content (AvgIpc) is 3.14. The van der Waals surface area contributed by atoms with E-state index in [0.29, 0.717) is 24.1 Å². The third-order valence-corrected chi connectivity index (χ3v) is 4.39. The summed E-state index contributed by atoms with van der Waals surface area (Å²) >= 11 is 0. The summed E-state index contributed by atoms with van der Waals surface area (Å²) in [5.74, 6) is -0.474. The van der Waals surface area contributed by atoms with Crippen LogP contribution in [0.3, 0.4) is 0 Å². The molecule has 0 spiro atoms. The summed E-state index contributed by atoms with van der Waals surface area (Å²) in [6.45, 7) is 3.63. The molecule has 25 heavy (non-hydrogen) atoms. The number of rotatable bonds is 8. The van der Waals surface area contributed by atoms with E-state index >= 15 is 0 Å². The van der Waals surface area contributed by atoms with Gasteiger partial charge in [0, 0.05) is 18.2 Å². The molecule has 1 aliphatic heterocycles. The highest BCUT2D eigenvalue weighted by Gasteiger charge is 2.26. The maximum absolute atomic E-state index is 12.5. The molecule has 6 heteroatoms. The predicted molar refractivity (Wildman–Crippen MR) is 96.0 cm³/mol. The molecule has 2 unspecified atom stereocenters. The zero-order valence-corrected chi connectivity index (χ0v) is 14.7. The molecule has 3 N–H and O–H groups in total. The smallest absolute Gasteiger partial charge is 0.251 e. The van der Waals surface area contributed by atoms with E-state index in [1.807, 2.05) is 6.07 Å². The van der Waals surface area contributed by atoms with Crippen molar-refractivity contribution in [2.75, 3.05) is 13.1 Å². The number of carbonyl (C=O) groups excluding carboxylic acids is 2. The number of hydrogen-bond acceptors (Lipinski definition) is 4. The number of hydrogen-bond donors (Lipinski definition) is 3. The van der Waals surface area contributed by atoms with Gasteiger partial charge in [0.05, 0.1) is 11.6 Å². The maximum Gasteiger partial charge on any atom is 0.251 e. The standard InChI is InChI=1S/C19H26N4O2/c1-2-3-9-22-19(25)17(12-16-8-5-10-21-16)23-18(24)15-7-4-6-14(11-15)13-20/h4,6-7,11,16-17,21H,2-3,5,8-10,12H2,1H3,(H,22,25)(H,23,24). The molecule has 0 radical (unpaired) electrons. The van der Waals surface area contributed by atoms with Gasteiger partial charge in [-0.15, -0.1) is 0 Å². The van der Waals surface area contributed by atoms with Crippen molar-refractivity contribution in [1.29, 1.82) is 5.26 Å². The van der Waals surface area contributed by atoms with Gasteiger partial charge in [0.1, 0.15) is 6.04 Å². The normalized spacial score (nSPS) is 17.5. The molecule has 1 heterocycles. The number of carbonyl (C=O) groups is 2. The number of nitrogens with one attached hydrogen (secondary N) is 3. The van der Waals surface area contributed by atoms with Crippen LogP contribution in [0.25, 0.3) is 0 Å². The minimum atomic E-state index is -0.578. The van der Waals surface area contributed by atoms with Crippen molar-refractivity contribution in [2.24, 2.45) is 0 Å². The molecule has 1 fully saturated rings. The predicted octanol–water partition coefficient (Wildman–Crippen LogP) is 1.72. The number of nitrogens with zero attached hydrogens (tertiary/aromatic N) is 1. The molecule has 2 amide bonds. The van der Waals surface area contributed by atoms with Gasteiger partial charge >= 0.3 is 0 Å². The monoisotopic (exact) mass is 342 g/mol. The maximum atomic E-state index is 12.5. The summed E-state index contributed by atoms with van der Waals surface area (Å²) < 4.78 is 0. The molecule has 1 aromatic carbocycles. The second-order valence-electron chi connectivity index (χ2n) is 6.39. The van der Waals surface area contributed by atoms with Crippen LogP contribution in [0.1, 0.15) is 54.9 Å². The lowest BCUT2D eigenvalue weighted by molar-refractivity contribution is -0.123. The van der Waals surface area contributed by atoms with Gasteiger partial charge in [0.25, 0.3) is 5.91 Å². The van der Waals surface area contributed by atoms with Crippen LogP contribution in [0.5, 0.6) is 0 Å². The van der Waals surface area contributed by atoms with E-state index < -0.39 is 6.04 Å². The first kappa shape index (κ1) is 18.9. The van der Waals surface area contributed by atoms with E-state index in [4.69, 9.17) is 5.26 Å². The number of unbranched alkanes of at least 4 members (excludes halogenated alkanes) is 1. The van der Waals surface area contributed by atoms with Crippen LogP contribution in [-0.4, -0.2) is 37.0 Å². The summed E-state index contributed by atoms with van der Waals surface area (Å²) in [6, 6.07) is 8.19. The fourth-order valence-electron chi connectivity index (χ4n) is 2.96. The van der Waals surface area contributed by atoms with Gasteiger partial charge < -0.3 is 16.0 Å². The second-order valence-corrected chi connectivity index (χ2v) is 6.39. The van der Waals surface area contributed by atoms with E-state index in [1.54, 1.807) is 18.2 Å². The van der Waals surface area contributed by atoms with Crippen LogP contribution in [-0.2, 0) is 4.79 Å². The Morgan fingerprint density at radius 1 is 1.44 bits per heavy atom. The Labute approximate surface area is 149 Å². The van der Waals surface area contributed by atoms with Crippen LogP contribution in [0.4, 0.5) is 0 Å². The van der Waals surface area contributed by atoms with Crippen LogP contribution in [0.2, 0.25) is 0 Å². The fraction of sp³-hybridized carbons (Fsp3) is 0.526. The van der Waals surface area contributed by atoms with Crippen molar-refractivity contribution in [3.05, 3.63) is 35.4 Å².